The topological polar surface area (TPSA) is 92.9 Å². The Morgan fingerprint density at radius 2 is 2.33 bits per heavy atom. The second-order valence-electron chi connectivity index (χ2n) is 3.73. The van der Waals surface area contributed by atoms with Gasteiger partial charge in [-0.15, -0.1) is 0 Å². The van der Waals surface area contributed by atoms with Crippen LogP contribution in [0.5, 0.6) is 0 Å². The highest BCUT2D eigenvalue weighted by atomic mass is 16.5. The number of nitrogens with two attached hydrogens (primary N) is 1. The van der Waals surface area contributed by atoms with Crippen LogP contribution in [0.15, 0.2) is 0 Å². The molecule has 2 unspecified atom stereocenters. The van der Waals surface area contributed by atoms with Gasteiger partial charge in [-0.2, -0.15) is 0 Å². The summed E-state index contributed by atoms with van der Waals surface area (Å²) >= 11 is 0. The Balaban J connectivity index is 2.56. The number of carboxylic acids is 1. The molecule has 1 amide bonds. The molecule has 2 atom stereocenters. The monoisotopic (exact) mass is 216 g/mol. The molecule has 1 aliphatic rings. The molecule has 86 valence electrons. The Kier molecular flexibility index (Phi) is 4.05. The van der Waals surface area contributed by atoms with Gasteiger partial charge in [-0.1, -0.05) is 6.92 Å². The van der Waals surface area contributed by atoms with E-state index < -0.39 is 23.8 Å². The summed E-state index contributed by atoms with van der Waals surface area (Å²) in [5, 5.41) is 8.76. The van der Waals surface area contributed by atoms with Gasteiger partial charge in [0.15, 0.2) is 0 Å². The van der Waals surface area contributed by atoms with Crippen molar-refractivity contribution in [2.75, 3.05) is 26.3 Å². The summed E-state index contributed by atoms with van der Waals surface area (Å²) in [5.74, 6) is -1.85. The van der Waals surface area contributed by atoms with Gasteiger partial charge < -0.3 is 15.6 Å². The largest absolute Gasteiger partial charge is 0.481 e. The molecular weight excluding hydrogens is 200 g/mol. The van der Waals surface area contributed by atoms with Crippen LogP contribution in [0.4, 0.5) is 0 Å². The number of carboxylic acid groups (broad SMARTS) is 1. The summed E-state index contributed by atoms with van der Waals surface area (Å²) in [6, 6.07) is -0.499. The predicted molar refractivity (Wildman–Crippen MR) is 52.2 cm³/mol. The van der Waals surface area contributed by atoms with E-state index >= 15 is 0 Å². The first-order valence-electron chi connectivity index (χ1n) is 4.86. The third-order valence-electron chi connectivity index (χ3n) is 2.50. The van der Waals surface area contributed by atoms with Crippen molar-refractivity contribution in [3.8, 4) is 0 Å². The van der Waals surface area contributed by atoms with E-state index in [-0.39, 0.29) is 6.61 Å². The van der Waals surface area contributed by atoms with Crippen molar-refractivity contribution in [3.63, 3.8) is 0 Å². The zero-order chi connectivity index (χ0) is 11.4. The molecule has 1 aliphatic heterocycles. The first-order chi connectivity index (χ1) is 7.02. The summed E-state index contributed by atoms with van der Waals surface area (Å²) in [6.45, 7) is 3.24. The van der Waals surface area contributed by atoms with Gasteiger partial charge in [0.25, 0.3) is 0 Å². The molecular formula is C9H16N2O4. The lowest BCUT2D eigenvalue weighted by atomic mass is 10.1. The van der Waals surface area contributed by atoms with Crippen molar-refractivity contribution >= 4 is 11.9 Å². The maximum absolute atomic E-state index is 11.1. The van der Waals surface area contributed by atoms with Gasteiger partial charge in [-0.25, -0.2) is 0 Å². The molecule has 0 saturated carbocycles. The highest BCUT2D eigenvalue weighted by Gasteiger charge is 2.29. The van der Waals surface area contributed by atoms with Crippen LogP contribution < -0.4 is 5.73 Å². The molecule has 0 aromatic heterocycles. The molecule has 3 N–H and O–H groups in total. The summed E-state index contributed by atoms with van der Waals surface area (Å²) in [5.41, 5.74) is 5.20. The standard InChI is InChI=1S/C9H16N2O4/c1-6(9(13)14)4-11-2-3-15-5-7(11)8(10)12/h6-7H,2-5H2,1H3,(H2,10,12)(H,13,14). The zero-order valence-corrected chi connectivity index (χ0v) is 8.68. The number of aliphatic carboxylic acids is 1. The number of hydrogen-bond acceptors (Lipinski definition) is 4. The van der Waals surface area contributed by atoms with Crippen LogP contribution >= 0.6 is 0 Å². The van der Waals surface area contributed by atoms with Crippen LogP contribution in [0.1, 0.15) is 6.92 Å². The molecule has 1 fully saturated rings. The number of ether oxygens (including phenoxy) is 1. The summed E-state index contributed by atoms with van der Waals surface area (Å²) in [6.07, 6.45) is 0. The van der Waals surface area contributed by atoms with Gasteiger partial charge in [-0.05, 0) is 0 Å². The fourth-order valence-electron chi connectivity index (χ4n) is 1.55. The smallest absolute Gasteiger partial charge is 0.307 e. The van der Waals surface area contributed by atoms with E-state index in [9.17, 15) is 9.59 Å². The molecule has 6 heteroatoms. The first-order valence-corrected chi connectivity index (χ1v) is 4.86. The van der Waals surface area contributed by atoms with E-state index in [4.69, 9.17) is 15.6 Å². The van der Waals surface area contributed by atoms with Crippen molar-refractivity contribution in [1.82, 2.24) is 4.90 Å². The first kappa shape index (κ1) is 11.9. The lowest BCUT2D eigenvalue weighted by Gasteiger charge is -2.34. The average molecular weight is 216 g/mol. The van der Waals surface area contributed by atoms with Gasteiger partial charge in [-0.3, -0.25) is 14.5 Å². The van der Waals surface area contributed by atoms with E-state index in [1.165, 1.54) is 0 Å². The van der Waals surface area contributed by atoms with Crippen molar-refractivity contribution in [2.24, 2.45) is 11.7 Å². The fraction of sp³-hybridized carbons (Fsp3) is 0.778. The van der Waals surface area contributed by atoms with E-state index in [0.29, 0.717) is 19.7 Å². The number of carbonyl (C=O) groups excluding carboxylic acids is 1. The summed E-state index contributed by atoms with van der Waals surface area (Å²) < 4.78 is 5.13. The SMILES string of the molecule is CC(CN1CCOCC1C(N)=O)C(=O)O. The number of nitrogens with zero attached hydrogens (tertiary/aromatic N) is 1. The number of rotatable bonds is 4. The number of carbonyl (C=O) groups is 2. The fourth-order valence-corrected chi connectivity index (χ4v) is 1.55. The van der Waals surface area contributed by atoms with E-state index in [0.717, 1.165) is 0 Å². The molecule has 6 nitrogen and oxygen atoms in total. The van der Waals surface area contributed by atoms with Crippen LogP contribution in [0, 0.1) is 5.92 Å². The van der Waals surface area contributed by atoms with Crippen LogP contribution in [0.3, 0.4) is 0 Å². The molecule has 0 bridgehead atoms. The molecule has 1 saturated heterocycles. The van der Waals surface area contributed by atoms with Gasteiger partial charge in [0.05, 0.1) is 19.1 Å². The number of primary amides is 1. The number of hydrogen-bond donors (Lipinski definition) is 2. The maximum atomic E-state index is 11.1. The van der Waals surface area contributed by atoms with Crippen LogP contribution in [0.2, 0.25) is 0 Å². The molecule has 0 spiro atoms. The molecule has 15 heavy (non-hydrogen) atoms. The highest BCUT2D eigenvalue weighted by Crippen LogP contribution is 2.09. The van der Waals surface area contributed by atoms with Crippen molar-refractivity contribution < 1.29 is 19.4 Å². The molecule has 0 aliphatic carbocycles. The quantitative estimate of drug-likeness (QED) is 0.621. The average Bonchev–Trinajstić information content (AvgIpc) is 2.18. The van der Waals surface area contributed by atoms with Crippen molar-refractivity contribution in [1.29, 1.82) is 0 Å². The maximum Gasteiger partial charge on any atom is 0.307 e. The molecule has 0 radical (unpaired) electrons. The Morgan fingerprint density at radius 3 is 2.87 bits per heavy atom. The normalized spacial score (nSPS) is 24.7. The lowest BCUT2D eigenvalue weighted by Crippen LogP contribution is -2.54. The van der Waals surface area contributed by atoms with E-state index in [2.05, 4.69) is 0 Å². The van der Waals surface area contributed by atoms with Crippen molar-refractivity contribution in [3.05, 3.63) is 0 Å². The lowest BCUT2D eigenvalue weighted by molar-refractivity contribution is -0.144. The van der Waals surface area contributed by atoms with Crippen LogP contribution in [0.25, 0.3) is 0 Å². The number of amides is 1. The van der Waals surface area contributed by atoms with E-state index in [1.54, 1.807) is 11.8 Å². The van der Waals surface area contributed by atoms with Gasteiger partial charge >= 0.3 is 5.97 Å². The Bertz CT molecular complexity index is 256. The zero-order valence-electron chi connectivity index (χ0n) is 8.68. The van der Waals surface area contributed by atoms with Gasteiger partial charge in [0.2, 0.25) is 5.91 Å². The molecule has 1 rings (SSSR count). The summed E-state index contributed by atoms with van der Waals surface area (Å²) in [7, 11) is 0. The Labute approximate surface area is 88.0 Å². The molecule has 1 heterocycles. The second kappa shape index (κ2) is 5.09. The third-order valence-corrected chi connectivity index (χ3v) is 2.50. The molecule has 0 aromatic carbocycles. The highest BCUT2D eigenvalue weighted by molar-refractivity contribution is 5.80. The second-order valence-corrected chi connectivity index (χ2v) is 3.73. The number of morpholine rings is 1. The molecule has 0 aromatic rings. The Hall–Kier alpha value is -1.14. The van der Waals surface area contributed by atoms with Crippen molar-refractivity contribution in [2.45, 2.75) is 13.0 Å². The summed E-state index contributed by atoms with van der Waals surface area (Å²) in [4.78, 5) is 23.5. The minimum absolute atomic E-state index is 0.252. The Morgan fingerprint density at radius 1 is 1.67 bits per heavy atom. The van der Waals surface area contributed by atoms with Crippen LogP contribution in [-0.4, -0.2) is 54.2 Å². The predicted octanol–water partition coefficient (Wildman–Crippen LogP) is -1.11. The van der Waals surface area contributed by atoms with E-state index in [1.807, 2.05) is 0 Å². The minimum Gasteiger partial charge on any atom is -0.481 e. The van der Waals surface area contributed by atoms with Gasteiger partial charge in [0, 0.05) is 13.1 Å². The van der Waals surface area contributed by atoms with Gasteiger partial charge in [0.1, 0.15) is 6.04 Å². The minimum atomic E-state index is -0.871. The third kappa shape index (κ3) is 3.17. The van der Waals surface area contributed by atoms with Crippen LogP contribution in [-0.2, 0) is 14.3 Å².